The minimum atomic E-state index is -0.781. The van der Waals surface area contributed by atoms with Gasteiger partial charge in [-0.05, 0) is 12.1 Å². The summed E-state index contributed by atoms with van der Waals surface area (Å²) in [4.78, 5) is 36.7. The summed E-state index contributed by atoms with van der Waals surface area (Å²) in [6.45, 7) is 0.470. The van der Waals surface area contributed by atoms with Crippen molar-refractivity contribution >= 4 is 17.8 Å². The largest absolute Gasteiger partial charge is 0.467 e. The fourth-order valence-corrected chi connectivity index (χ4v) is 1.99. The molecule has 2 amide bonds. The summed E-state index contributed by atoms with van der Waals surface area (Å²) in [7, 11) is 1.25. The smallest absolute Gasteiger partial charge is 0.331 e. The number of furan rings is 1. The van der Waals surface area contributed by atoms with E-state index >= 15 is 0 Å². The molecule has 1 aromatic heterocycles. The molecule has 1 unspecified atom stereocenters. The van der Waals surface area contributed by atoms with E-state index in [1.54, 1.807) is 6.07 Å². The number of ether oxygens (including phenoxy) is 2. The van der Waals surface area contributed by atoms with Gasteiger partial charge in [0.05, 0.1) is 33.1 Å². The molecule has 0 radical (unpaired) electrons. The van der Waals surface area contributed by atoms with Crippen LogP contribution in [0.3, 0.4) is 0 Å². The summed E-state index contributed by atoms with van der Waals surface area (Å²) >= 11 is 0. The first kappa shape index (κ1) is 15.0. The quantitative estimate of drug-likeness (QED) is 0.746. The molecule has 2 rings (SSSR count). The molecule has 1 saturated heterocycles. The van der Waals surface area contributed by atoms with Crippen molar-refractivity contribution in [2.24, 2.45) is 0 Å². The summed E-state index contributed by atoms with van der Waals surface area (Å²) in [5.74, 6) is -1.29. The van der Waals surface area contributed by atoms with E-state index in [0.717, 1.165) is 0 Å². The van der Waals surface area contributed by atoms with E-state index in [0.29, 0.717) is 6.61 Å². The van der Waals surface area contributed by atoms with Crippen molar-refractivity contribution < 1.29 is 28.3 Å². The summed E-state index contributed by atoms with van der Waals surface area (Å²) in [6.07, 6.45) is 1.37. The Labute approximate surface area is 121 Å². The van der Waals surface area contributed by atoms with Crippen LogP contribution in [0.25, 0.3) is 0 Å². The number of nitrogens with one attached hydrogen (secondary N) is 1. The van der Waals surface area contributed by atoms with E-state index in [9.17, 15) is 14.4 Å². The number of amides is 2. The molecule has 8 heteroatoms. The van der Waals surface area contributed by atoms with Crippen LogP contribution in [0.15, 0.2) is 22.8 Å². The van der Waals surface area contributed by atoms with Gasteiger partial charge in [0.15, 0.2) is 11.8 Å². The Hall–Kier alpha value is -2.35. The molecule has 0 spiro atoms. The maximum absolute atomic E-state index is 12.1. The summed E-state index contributed by atoms with van der Waals surface area (Å²) < 4.78 is 14.7. The normalized spacial score (nSPS) is 18.1. The number of methoxy groups -OCH3 is 1. The first-order chi connectivity index (χ1) is 10.1. The highest BCUT2D eigenvalue weighted by molar-refractivity contribution is 5.94. The van der Waals surface area contributed by atoms with E-state index < -0.39 is 17.9 Å². The fourth-order valence-electron chi connectivity index (χ4n) is 1.99. The Morgan fingerprint density at radius 2 is 2.29 bits per heavy atom. The molecule has 21 heavy (non-hydrogen) atoms. The zero-order valence-electron chi connectivity index (χ0n) is 11.5. The lowest BCUT2D eigenvalue weighted by Crippen LogP contribution is -2.55. The number of rotatable bonds is 4. The van der Waals surface area contributed by atoms with Crippen LogP contribution in [0.2, 0.25) is 0 Å². The SMILES string of the molecule is COC(=O)C1COCCN1C(=O)CNC(=O)c1ccco1. The second-order valence-electron chi connectivity index (χ2n) is 4.36. The van der Waals surface area contributed by atoms with Crippen molar-refractivity contribution in [2.75, 3.05) is 33.4 Å². The average molecular weight is 296 g/mol. The highest BCUT2D eigenvalue weighted by Gasteiger charge is 2.33. The summed E-state index contributed by atoms with van der Waals surface area (Å²) in [5, 5.41) is 2.44. The molecule has 114 valence electrons. The fraction of sp³-hybridized carbons (Fsp3) is 0.462. The Morgan fingerprint density at radius 1 is 1.48 bits per heavy atom. The van der Waals surface area contributed by atoms with E-state index in [2.05, 4.69) is 10.1 Å². The number of esters is 1. The lowest BCUT2D eigenvalue weighted by molar-refractivity contribution is -0.160. The molecule has 0 aliphatic carbocycles. The molecule has 1 fully saturated rings. The van der Waals surface area contributed by atoms with Crippen molar-refractivity contribution in [1.29, 1.82) is 0 Å². The van der Waals surface area contributed by atoms with E-state index in [4.69, 9.17) is 9.15 Å². The maximum Gasteiger partial charge on any atom is 0.331 e. The van der Waals surface area contributed by atoms with Crippen LogP contribution in [-0.2, 0) is 19.1 Å². The molecule has 0 saturated carbocycles. The van der Waals surface area contributed by atoms with Gasteiger partial charge in [0.1, 0.15) is 0 Å². The standard InChI is InChI=1S/C13H16N2O6/c1-19-13(18)9-8-20-6-4-15(9)11(16)7-14-12(17)10-3-2-5-21-10/h2-3,5,9H,4,6-8H2,1H3,(H,14,17). The Kier molecular flexibility index (Phi) is 4.94. The number of hydrogen-bond donors (Lipinski definition) is 1. The molecule has 1 aromatic rings. The second-order valence-corrected chi connectivity index (χ2v) is 4.36. The minimum Gasteiger partial charge on any atom is -0.467 e. The van der Waals surface area contributed by atoms with Crippen LogP contribution in [-0.4, -0.2) is 62.1 Å². The zero-order chi connectivity index (χ0) is 15.2. The number of nitrogens with zero attached hydrogens (tertiary/aromatic N) is 1. The Morgan fingerprint density at radius 3 is 2.95 bits per heavy atom. The van der Waals surface area contributed by atoms with Crippen molar-refractivity contribution in [2.45, 2.75) is 6.04 Å². The third-order valence-electron chi connectivity index (χ3n) is 3.07. The van der Waals surface area contributed by atoms with Crippen LogP contribution in [0.1, 0.15) is 10.6 Å². The van der Waals surface area contributed by atoms with Gasteiger partial charge < -0.3 is 24.1 Å². The molecule has 0 aromatic carbocycles. The van der Waals surface area contributed by atoms with Gasteiger partial charge in [-0.1, -0.05) is 0 Å². The third-order valence-corrected chi connectivity index (χ3v) is 3.07. The molecular formula is C13H16N2O6. The first-order valence-corrected chi connectivity index (χ1v) is 6.40. The van der Waals surface area contributed by atoms with Gasteiger partial charge in [-0.25, -0.2) is 4.79 Å². The molecule has 8 nitrogen and oxygen atoms in total. The zero-order valence-corrected chi connectivity index (χ0v) is 11.5. The van der Waals surface area contributed by atoms with E-state index in [1.165, 1.54) is 24.3 Å². The lowest BCUT2D eigenvalue weighted by Gasteiger charge is -2.33. The summed E-state index contributed by atoms with van der Waals surface area (Å²) in [6, 6.07) is 2.29. The molecule has 1 atom stereocenters. The number of hydrogen-bond acceptors (Lipinski definition) is 6. The Bertz CT molecular complexity index is 513. The number of carbonyl (C=O) groups is 3. The lowest BCUT2D eigenvalue weighted by atomic mass is 10.2. The molecule has 1 aliphatic heterocycles. The molecule has 2 heterocycles. The highest BCUT2D eigenvalue weighted by Crippen LogP contribution is 2.09. The molecular weight excluding hydrogens is 280 g/mol. The van der Waals surface area contributed by atoms with Gasteiger partial charge in [-0.3, -0.25) is 9.59 Å². The molecule has 1 aliphatic rings. The second kappa shape index (κ2) is 6.89. The van der Waals surface area contributed by atoms with E-state index in [1.807, 2.05) is 0 Å². The number of morpholine rings is 1. The topological polar surface area (TPSA) is 98.1 Å². The van der Waals surface area contributed by atoms with Gasteiger partial charge >= 0.3 is 5.97 Å². The number of carbonyl (C=O) groups excluding carboxylic acids is 3. The molecule has 1 N–H and O–H groups in total. The van der Waals surface area contributed by atoms with Crippen molar-refractivity contribution in [3.8, 4) is 0 Å². The summed E-state index contributed by atoms with van der Waals surface area (Å²) in [5.41, 5.74) is 0. The maximum atomic E-state index is 12.1. The average Bonchev–Trinajstić information content (AvgIpc) is 3.06. The van der Waals surface area contributed by atoms with Crippen molar-refractivity contribution in [3.05, 3.63) is 24.2 Å². The third kappa shape index (κ3) is 3.60. The van der Waals surface area contributed by atoms with E-state index in [-0.39, 0.29) is 31.4 Å². The molecule has 0 bridgehead atoms. The van der Waals surface area contributed by atoms with Crippen LogP contribution in [0.5, 0.6) is 0 Å². The van der Waals surface area contributed by atoms with Gasteiger partial charge in [0, 0.05) is 6.54 Å². The predicted octanol–water partition coefficient (Wildman–Crippen LogP) is -0.590. The van der Waals surface area contributed by atoms with Gasteiger partial charge in [-0.2, -0.15) is 0 Å². The highest BCUT2D eigenvalue weighted by atomic mass is 16.5. The van der Waals surface area contributed by atoms with Crippen molar-refractivity contribution in [3.63, 3.8) is 0 Å². The van der Waals surface area contributed by atoms with Gasteiger partial charge in [0.2, 0.25) is 5.91 Å². The van der Waals surface area contributed by atoms with Gasteiger partial charge in [0.25, 0.3) is 5.91 Å². The van der Waals surface area contributed by atoms with Gasteiger partial charge in [-0.15, -0.1) is 0 Å². The van der Waals surface area contributed by atoms with Crippen LogP contribution in [0, 0.1) is 0 Å². The van der Waals surface area contributed by atoms with Crippen molar-refractivity contribution in [1.82, 2.24) is 10.2 Å². The van der Waals surface area contributed by atoms with Crippen LogP contribution < -0.4 is 5.32 Å². The van der Waals surface area contributed by atoms with Crippen LogP contribution >= 0.6 is 0 Å². The predicted molar refractivity (Wildman–Crippen MR) is 69.4 cm³/mol. The minimum absolute atomic E-state index is 0.0878. The van der Waals surface area contributed by atoms with Crippen LogP contribution in [0.4, 0.5) is 0 Å². The monoisotopic (exact) mass is 296 g/mol. The Balaban J connectivity index is 1.92. The first-order valence-electron chi connectivity index (χ1n) is 6.40.